The van der Waals surface area contributed by atoms with Gasteiger partial charge >= 0.3 is 0 Å². The first kappa shape index (κ1) is 16.7. The third-order valence-electron chi connectivity index (χ3n) is 4.24. The van der Waals surface area contributed by atoms with E-state index in [9.17, 15) is 9.59 Å². The summed E-state index contributed by atoms with van der Waals surface area (Å²) in [6, 6.07) is 22.1. The molecule has 4 rings (SSSR count). The van der Waals surface area contributed by atoms with E-state index in [0.717, 1.165) is 26.8 Å². The van der Waals surface area contributed by atoms with Gasteiger partial charge in [0, 0.05) is 36.7 Å². The first-order chi connectivity index (χ1) is 12.7. The van der Waals surface area contributed by atoms with E-state index in [2.05, 4.69) is 0 Å². The quantitative estimate of drug-likeness (QED) is 0.311. The van der Waals surface area contributed by atoms with Crippen molar-refractivity contribution < 1.29 is 9.59 Å². The van der Waals surface area contributed by atoms with Crippen LogP contribution in [0, 0.1) is 0 Å². The second-order valence-electron chi connectivity index (χ2n) is 5.88. The molecule has 1 heterocycles. The molecule has 1 aromatic heterocycles. The number of rotatable bonds is 4. The van der Waals surface area contributed by atoms with Gasteiger partial charge in [0.2, 0.25) is 0 Å². The zero-order chi connectivity index (χ0) is 18.1. The zero-order valence-corrected chi connectivity index (χ0v) is 15.2. The second kappa shape index (κ2) is 6.87. The molecule has 0 bridgehead atoms. The lowest BCUT2D eigenvalue weighted by molar-refractivity contribution is 0.103. The van der Waals surface area contributed by atoms with E-state index in [1.807, 2.05) is 48.5 Å². The van der Waals surface area contributed by atoms with Crippen LogP contribution in [0.2, 0.25) is 5.02 Å². The number of benzene rings is 3. The SMILES string of the molecule is O=Cc1ccc(C(=O)c2c(-c3ccc(Cl)cc3)sc3ccccc23)cc1. The Morgan fingerprint density at radius 2 is 1.58 bits per heavy atom. The van der Waals surface area contributed by atoms with E-state index in [4.69, 9.17) is 11.6 Å². The number of hydrogen-bond acceptors (Lipinski definition) is 3. The monoisotopic (exact) mass is 376 g/mol. The Morgan fingerprint density at radius 3 is 2.27 bits per heavy atom. The summed E-state index contributed by atoms with van der Waals surface area (Å²) in [5.41, 5.74) is 2.76. The van der Waals surface area contributed by atoms with Crippen LogP contribution < -0.4 is 0 Å². The molecular weight excluding hydrogens is 364 g/mol. The van der Waals surface area contributed by atoms with Crippen LogP contribution in [0.5, 0.6) is 0 Å². The molecule has 3 aromatic carbocycles. The number of carbonyl (C=O) groups is 2. The summed E-state index contributed by atoms with van der Waals surface area (Å²) in [6.45, 7) is 0. The van der Waals surface area contributed by atoms with Gasteiger partial charge in [-0.1, -0.05) is 66.2 Å². The van der Waals surface area contributed by atoms with Gasteiger partial charge in [0.1, 0.15) is 6.29 Å². The largest absolute Gasteiger partial charge is 0.298 e. The van der Waals surface area contributed by atoms with Crippen molar-refractivity contribution in [2.24, 2.45) is 0 Å². The Kier molecular flexibility index (Phi) is 4.41. The van der Waals surface area contributed by atoms with Gasteiger partial charge in [0.05, 0.1) is 0 Å². The van der Waals surface area contributed by atoms with Gasteiger partial charge in [-0.05, 0) is 23.8 Å². The van der Waals surface area contributed by atoms with Crippen molar-refractivity contribution in [2.75, 3.05) is 0 Å². The van der Waals surface area contributed by atoms with E-state index in [1.165, 1.54) is 0 Å². The Labute approximate surface area is 159 Å². The van der Waals surface area contributed by atoms with Gasteiger partial charge in [-0.25, -0.2) is 0 Å². The standard InChI is InChI=1S/C22H13ClO2S/c23-17-11-9-16(10-12-17)22-20(18-3-1-2-4-19(18)26-22)21(25)15-7-5-14(13-24)6-8-15/h1-13H. The maximum absolute atomic E-state index is 13.3. The lowest BCUT2D eigenvalue weighted by Gasteiger charge is -2.06. The third-order valence-corrected chi connectivity index (χ3v) is 5.71. The molecule has 0 amide bonds. The predicted octanol–water partition coefficient (Wildman–Crippen LogP) is 6.27. The molecule has 2 nitrogen and oxygen atoms in total. The molecule has 0 saturated heterocycles. The van der Waals surface area contributed by atoms with Crippen LogP contribution in [0.3, 0.4) is 0 Å². The smallest absolute Gasteiger partial charge is 0.195 e. The number of fused-ring (bicyclic) bond motifs is 1. The van der Waals surface area contributed by atoms with E-state index >= 15 is 0 Å². The molecule has 4 aromatic rings. The van der Waals surface area contributed by atoms with Crippen LogP contribution in [0.4, 0.5) is 0 Å². The fraction of sp³-hybridized carbons (Fsp3) is 0. The van der Waals surface area contributed by atoms with E-state index in [0.29, 0.717) is 21.7 Å². The van der Waals surface area contributed by atoms with Gasteiger partial charge < -0.3 is 0 Å². The summed E-state index contributed by atoms with van der Waals surface area (Å²) in [6.07, 6.45) is 0.771. The molecule has 4 heteroatoms. The molecular formula is C22H13ClO2S. The van der Waals surface area contributed by atoms with Crippen LogP contribution in [0.15, 0.2) is 72.8 Å². The van der Waals surface area contributed by atoms with Crippen LogP contribution in [0.25, 0.3) is 20.5 Å². The van der Waals surface area contributed by atoms with Crippen molar-refractivity contribution in [1.29, 1.82) is 0 Å². The third kappa shape index (κ3) is 2.96. The van der Waals surface area contributed by atoms with Crippen LogP contribution in [-0.2, 0) is 0 Å². The molecule has 0 fully saturated rings. The highest BCUT2D eigenvalue weighted by Gasteiger charge is 2.21. The topological polar surface area (TPSA) is 34.1 Å². The molecule has 0 atom stereocenters. The Hall–Kier alpha value is -2.75. The van der Waals surface area contributed by atoms with Crippen molar-refractivity contribution >= 4 is 45.1 Å². The molecule has 0 radical (unpaired) electrons. The minimum Gasteiger partial charge on any atom is -0.298 e. The van der Waals surface area contributed by atoms with Crippen molar-refractivity contribution in [3.05, 3.63) is 94.5 Å². The highest BCUT2D eigenvalue weighted by Crippen LogP contribution is 2.40. The van der Waals surface area contributed by atoms with Gasteiger partial charge in [-0.3, -0.25) is 9.59 Å². The highest BCUT2D eigenvalue weighted by atomic mass is 35.5. The molecule has 0 unspecified atom stereocenters. The molecule has 26 heavy (non-hydrogen) atoms. The van der Waals surface area contributed by atoms with E-state index in [1.54, 1.807) is 35.6 Å². The summed E-state index contributed by atoms with van der Waals surface area (Å²) in [4.78, 5) is 25.1. The van der Waals surface area contributed by atoms with Crippen LogP contribution >= 0.6 is 22.9 Å². The van der Waals surface area contributed by atoms with Crippen LogP contribution in [-0.4, -0.2) is 12.1 Å². The van der Waals surface area contributed by atoms with Crippen molar-refractivity contribution in [3.8, 4) is 10.4 Å². The Bertz CT molecular complexity index is 1110. The van der Waals surface area contributed by atoms with Crippen molar-refractivity contribution in [3.63, 3.8) is 0 Å². The number of carbonyl (C=O) groups excluding carboxylic acids is 2. The first-order valence-corrected chi connectivity index (χ1v) is 9.24. The average Bonchev–Trinajstić information content (AvgIpc) is 3.07. The molecule has 0 saturated carbocycles. The summed E-state index contributed by atoms with van der Waals surface area (Å²) in [7, 11) is 0. The Morgan fingerprint density at radius 1 is 0.885 bits per heavy atom. The molecule has 0 aliphatic carbocycles. The molecule has 0 N–H and O–H groups in total. The van der Waals surface area contributed by atoms with Gasteiger partial charge in [0.15, 0.2) is 5.78 Å². The summed E-state index contributed by atoms with van der Waals surface area (Å²) in [5, 5.41) is 1.60. The van der Waals surface area contributed by atoms with Crippen molar-refractivity contribution in [1.82, 2.24) is 0 Å². The highest BCUT2D eigenvalue weighted by molar-refractivity contribution is 7.22. The van der Waals surface area contributed by atoms with Crippen LogP contribution in [0.1, 0.15) is 26.3 Å². The average molecular weight is 377 g/mol. The number of aldehydes is 1. The fourth-order valence-electron chi connectivity index (χ4n) is 2.93. The summed E-state index contributed by atoms with van der Waals surface area (Å²) >= 11 is 7.61. The molecule has 0 spiro atoms. The molecule has 0 aliphatic heterocycles. The number of hydrogen-bond donors (Lipinski definition) is 0. The van der Waals surface area contributed by atoms with Gasteiger partial charge in [-0.2, -0.15) is 0 Å². The fourth-order valence-corrected chi connectivity index (χ4v) is 4.26. The van der Waals surface area contributed by atoms with Gasteiger partial charge in [0.25, 0.3) is 0 Å². The van der Waals surface area contributed by atoms with E-state index in [-0.39, 0.29) is 5.78 Å². The minimum atomic E-state index is -0.0511. The van der Waals surface area contributed by atoms with Crippen molar-refractivity contribution in [2.45, 2.75) is 0 Å². The maximum atomic E-state index is 13.3. The first-order valence-electron chi connectivity index (χ1n) is 8.05. The Balaban J connectivity index is 1.91. The predicted molar refractivity (Wildman–Crippen MR) is 108 cm³/mol. The number of thiophene rings is 1. The minimum absolute atomic E-state index is 0.0511. The molecule has 0 aliphatic rings. The lowest BCUT2D eigenvalue weighted by atomic mass is 9.97. The zero-order valence-electron chi connectivity index (χ0n) is 13.6. The second-order valence-corrected chi connectivity index (χ2v) is 7.37. The van der Waals surface area contributed by atoms with Gasteiger partial charge in [-0.15, -0.1) is 11.3 Å². The maximum Gasteiger partial charge on any atom is 0.195 e. The normalized spacial score (nSPS) is 10.8. The summed E-state index contributed by atoms with van der Waals surface area (Å²) < 4.78 is 1.06. The van der Waals surface area contributed by atoms with E-state index < -0.39 is 0 Å². The number of halogens is 1. The molecule has 126 valence electrons. The summed E-state index contributed by atoms with van der Waals surface area (Å²) in [5.74, 6) is -0.0511. The number of ketones is 1. The lowest BCUT2D eigenvalue weighted by Crippen LogP contribution is -2.02.